The zero-order valence-corrected chi connectivity index (χ0v) is 12.9. The molecular formula is C16H18F4N4. The number of nitrogens with one attached hydrogen (secondary N) is 1. The summed E-state index contributed by atoms with van der Waals surface area (Å²) in [6, 6.07) is 6.39. The molecule has 0 amide bonds. The summed E-state index contributed by atoms with van der Waals surface area (Å²) in [6.45, 7) is 1.55. The molecule has 1 unspecified atom stereocenters. The Kier molecular flexibility index (Phi) is 4.86. The van der Waals surface area contributed by atoms with E-state index in [0.29, 0.717) is 18.7 Å². The van der Waals surface area contributed by atoms with Crippen molar-refractivity contribution >= 4 is 0 Å². The van der Waals surface area contributed by atoms with Crippen molar-refractivity contribution in [2.45, 2.75) is 25.3 Å². The van der Waals surface area contributed by atoms with Gasteiger partial charge in [0.05, 0.1) is 6.20 Å². The topological polar surface area (TPSA) is 33.1 Å². The Balaban J connectivity index is 1.72. The van der Waals surface area contributed by atoms with E-state index in [1.807, 2.05) is 6.07 Å². The maximum absolute atomic E-state index is 13.5. The number of aromatic nitrogens is 2. The average molecular weight is 342 g/mol. The van der Waals surface area contributed by atoms with E-state index in [0.717, 1.165) is 23.3 Å². The minimum atomic E-state index is -4.29. The van der Waals surface area contributed by atoms with E-state index in [2.05, 4.69) is 15.3 Å². The van der Waals surface area contributed by atoms with Crippen LogP contribution in [0.4, 0.5) is 17.6 Å². The summed E-state index contributed by atoms with van der Waals surface area (Å²) in [6.07, 6.45) is -1.42. The fourth-order valence-corrected chi connectivity index (χ4v) is 2.97. The van der Waals surface area contributed by atoms with Crippen molar-refractivity contribution in [2.75, 3.05) is 19.6 Å². The van der Waals surface area contributed by atoms with Crippen LogP contribution in [0.25, 0.3) is 0 Å². The Labute approximate surface area is 137 Å². The van der Waals surface area contributed by atoms with Crippen molar-refractivity contribution < 1.29 is 17.6 Å². The van der Waals surface area contributed by atoms with Gasteiger partial charge in [0.25, 0.3) is 0 Å². The molecule has 3 rings (SSSR count). The third-order valence-electron chi connectivity index (χ3n) is 4.00. The van der Waals surface area contributed by atoms with Crippen LogP contribution in [0.2, 0.25) is 0 Å². The normalized spacial score (nSPS) is 19.6. The van der Waals surface area contributed by atoms with E-state index in [1.54, 1.807) is 6.07 Å². The molecule has 8 heteroatoms. The molecular weight excluding hydrogens is 324 g/mol. The van der Waals surface area contributed by atoms with Crippen molar-refractivity contribution in [1.29, 1.82) is 0 Å². The van der Waals surface area contributed by atoms with Crippen LogP contribution in [0.1, 0.15) is 17.2 Å². The highest BCUT2D eigenvalue weighted by molar-refractivity contribution is 5.21. The molecule has 0 radical (unpaired) electrons. The van der Waals surface area contributed by atoms with E-state index in [-0.39, 0.29) is 11.9 Å². The first kappa shape index (κ1) is 16.9. The van der Waals surface area contributed by atoms with Gasteiger partial charge < -0.3 is 5.32 Å². The van der Waals surface area contributed by atoms with E-state index in [1.165, 1.54) is 24.5 Å². The number of nitrogens with zero attached hydrogens (tertiary/aromatic N) is 3. The molecule has 1 saturated heterocycles. The summed E-state index contributed by atoms with van der Waals surface area (Å²) in [7, 11) is 0. The van der Waals surface area contributed by atoms with Gasteiger partial charge in [-0.1, -0.05) is 12.1 Å². The fraction of sp³-hybridized carbons (Fsp3) is 0.438. The summed E-state index contributed by atoms with van der Waals surface area (Å²) in [5.41, 5.74) is 1.56. The van der Waals surface area contributed by atoms with Gasteiger partial charge >= 0.3 is 6.18 Å². The lowest BCUT2D eigenvalue weighted by Crippen LogP contribution is -2.45. The van der Waals surface area contributed by atoms with E-state index in [4.69, 9.17) is 0 Å². The molecule has 1 aromatic carbocycles. The lowest BCUT2D eigenvalue weighted by molar-refractivity contribution is -0.142. The van der Waals surface area contributed by atoms with Gasteiger partial charge in [-0.25, -0.2) is 4.39 Å². The lowest BCUT2D eigenvalue weighted by atomic mass is 10.0. The van der Waals surface area contributed by atoms with Gasteiger partial charge in [-0.05, 0) is 17.7 Å². The Morgan fingerprint density at radius 1 is 1.29 bits per heavy atom. The third kappa shape index (κ3) is 4.33. The largest absolute Gasteiger partial charge is 0.408 e. The van der Waals surface area contributed by atoms with Gasteiger partial charge in [0.15, 0.2) is 0 Å². The van der Waals surface area contributed by atoms with Gasteiger partial charge in [-0.3, -0.25) is 9.58 Å². The predicted octanol–water partition coefficient (Wildman–Crippen LogP) is 2.73. The van der Waals surface area contributed by atoms with Crippen molar-refractivity contribution in [3.8, 4) is 0 Å². The van der Waals surface area contributed by atoms with Crippen molar-refractivity contribution in [2.24, 2.45) is 0 Å². The van der Waals surface area contributed by atoms with Crippen LogP contribution in [0, 0.1) is 5.82 Å². The minimum Gasteiger partial charge on any atom is -0.314 e. The second kappa shape index (κ2) is 6.90. The molecule has 0 spiro atoms. The Morgan fingerprint density at radius 2 is 2.12 bits per heavy atom. The maximum Gasteiger partial charge on any atom is 0.408 e. The van der Waals surface area contributed by atoms with Crippen LogP contribution >= 0.6 is 0 Å². The fourth-order valence-electron chi connectivity index (χ4n) is 2.97. The molecule has 0 saturated carbocycles. The molecule has 1 fully saturated rings. The standard InChI is InChI=1S/C16H18F4N4/c17-14-3-1-2-13(6-14)15-8-21-4-5-23(15)9-12-7-22-24(10-12)11-16(18,19)20/h1-3,6-7,10,15,21H,4-5,8-9,11H2. The minimum absolute atomic E-state index is 0.0274. The molecule has 2 heterocycles. The first-order valence-electron chi connectivity index (χ1n) is 7.69. The number of hydrogen-bond donors (Lipinski definition) is 1. The number of hydrogen-bond acceptors (Lipinski definition) is 3. The third-order valence-corrected chi connectivity index (χ3v) is 4.00. The second-order valence-corrected chi connectivity index (χ2v) is 5.91. The Hall–Kier alpha value is -1.93. The summed E-state index contributed by atoms with van der Waals surface area (Å²) in [4.78, 5) is 2.13. The Morgan fingerprint density at radius 3 is 2.88 bits per heavy atom. The zero-order chi connectivity index (χ0) is 17.2. The van der Waals surface area contributed by atoms with Crippen LogP contribution in [0.15, 0.2) is 36.7 Å². The predicted molar refractivity (Wildman–Crippen MR) is 80.7 cm³/mol. The zero-order valence-electron chi connectivity index (χ0n) is 12.9. The molecule has 24 heavy (non-hydrogen) atoms. The molecule has 0 bridgehead atoms. The first-order chi connectivity index (χ1) is 11.4. The molecule has 1 N–H and O–H groups in total. The second-order valence-electron chi connectivity index (χ2n) is 5.91. The van der Waals surface area contributed by atoms with Crippen molar-refractivity contribution in [1.82, 2.24) is 20.0 Å². The molecule has 4 nitrogen and oxygen atoms in total. The van der Waals surface area contributed by atoms with Crippen LogP contribution in [0.5, 0.6) is 0 Å². The van der Waals surface area contributed by atoms with E-state index < -0.39 is 12.7 Å². The van der Waals surface area contributed by atoms with Crippen LogP contribution < -0.4 is 5.32 Å². The molecule has 1 aliphatic heterocycles. The Bertz CT molecular complexity index is 683. The molecule has 2 aromatic rings. The summed E-state index contributed by atoms with van der Waals surface area (Å²) >= 11 is 0. The molecule has 0 aliphatic carbocycles. The number of alkyl halides is 3. The smallest absolute Gasteiger partial charge is 0.314 e. The van der Waals surface area contributed by atoms with Gasteiger partial charge in [0.1, 0.15) is 12.4 Å². The van der Waals surface area contributed by atoms with Crippen LogP contribution in [-0.4, -0.2) is 40.5 Å². The highest BCUT2D eigenvalue weighted by Gasteiger charge is 2.29. The summed E-state index contributed by atoms with van der Waals surface area (Å²) in [5, 5.41) is 7.04. The summed E-state index contributed by atoms with van der Waals surface area (Å²) in [5.74, 6) is -0.295. The number of piperazine rings is 1. The number of halogens is 4. The molecule has 1 aromatic heterocycles. The van der Waals surface area contributed by atoms with Gasteiger partial charge in [0.2, 0.25) is 0 Å². The van der Waals surface area contributed by atoms with Gasteiger partial charge in [-0.2, -0.15) is 18.3 Å². The lowest BCUT2D eigenvalue weighted by Gasteiger charge is -2.36. The number of rotatable bonds is 4. The summed E-state index contributed by atoms with van der Waals surface area (Å²) < 4.78 is 51.6. The van der Waals surface area contributed by atoms with E-state index in [9.17, 15) is 17.6 Å². The van der Waals surface area contributed by atoms with Crippen molar-refractivity contribution in [3.63, 3.8) is 0 Å². The van der Waals surface area contributed by atoms with Crippen LogP contribution in [-0.2, 0) is 13.1 Å². The molecule has 130 valence electrons. The monoisotopic (exact) mass is 342 g/mol. The van der Waals surface area contributed by atoms with Gasteiger partial charge in [0, 0.05) is 44.0 Å². The molecule has 1 atom stereocenters. The first-order valence-corrected chi connectivity index (χ1v) is 7.69. The maximum atomic E-state index is 13.5. The molecule has 1 aliphatic rings. The van der Waals surface area contributed by atoms with Crippen LogP contribution in [0.3, 0.4) is 0 Å². The highest BCUT2D eigenvalue weighted by Crippen LogP contribution is 2.25. The number of benzene rings is 1. The quantitative estimate of drug-likeness (QED) is 0.868. The SMILES string of the molecule is Fc1cccc(C2CNCCN2Cc2cnn(CC(F)(F)F)c2)c1. The van der Waals surface area contributed by atoms with Crippen molar-refractivity contribution in [3.05, 3.63) is 53.6 Å². The van der Waals surface area contributed by atoms with Gasteiger partial charge in [-0.15, -0.1) is 0 Å². The highest BCUT2D eigenvalue weighted by atomic mass is 19.4. The average Bonchev–Trinajstić information content (AvgIpc) is 2.93. The van der Waals surface area contributed by atoms with E-state index >= 15 is 0 Å².